The minimum atomic E-state index is -0.439. The molecule has 0 atom stereocenters. The molecule has 0 aliphatic carbocycles. The van der Waals surface area contributed by atoms with Crippen LogP contribution in [0.5, 0.6) is 5.75 Å². The van der Waals surface area contributed by atoms with E-state index in [1.165, 1.54) is 12.1 Å². The molecular formula is C24H23FN2O3. The highest BCUT2D eigenvalue weighted by molar-refractivity contribution is 6.07. The Bertz CT molecular complexity index is 1060. The van der Waals surface area contributed by atoms with Crippen LogP contribution in [0.4, 0.5) is 4.39 Å². The van der Waals surface area contributed by atoms with Crippen LogP contribution < -0.4 is 4.74 Å². The van der Waals surface area contributed by atoms with Gasteiger partial charge in [0.2, 0.25) is 5.91 Å². The fourth-order valence-corrected chi connectivity index (χ4v) is 3.71. The molecule has 3 aromatic carbocycles. The van der Waals surface area contributed by atoms with Crippen LogP contribution in [0.3, 0.4) is 0 Å². The highest BCUT2D eigenvalue weighted by Crippen LogP contribution is 2.21. The van der Waals surface area contributed by atoms with E-state index < -0.39 is 5.82 Å². The van der Waals surface area contributed by atoms with Gasteiger partial charge in [-0.3, -0.25) is 9.59 Å². The first-order valence-corrected chi connectivity index (χ1v) is 10.1. The SMILES string of the molecule is O=C(CCOc1ccccc1F)N1CCN(C(=O)c2cccc3ccccc23)CC1. The molecule has 0 aromatic heterocycles. The fraction of sp³-hybridized carbons (Fsp3) is 0.250. The molecule has 5 nitrogen and oxygen atoms in total. The number of benzene rings is 3. The first-order chi connectivity index (χ1) is 14.6. The monoisotopic (exact) mass is 406 g/mol. The number of carbonyl (C=O) groups is 2. The molecule has 0 spiro atoms. The van der Waals surface area contributed by atoms with Crippen LogP contribution in [-0.2, 0) is 4.79 Å². The average molecular weight is 406 g/mol. The van der Waals surface area contributed by atoms with Crippen LogP contribution >= 0.6 is 0 Å². The lowest BCUT2D eigenvalue weighted by molar-refractivity contribution is -0.133. The summed E-state index contributed by atoms with van der Waals surface area (Å²) >= 11 is 0. The molecule has 1 heterocycles. The van der Waals surface area contributed by atoms with Crippen molar-refractivity contribution in [3.8, 4) is 5.75 Å². The molecule has 1 aliphatic rings. The predicted octanol–water partition coefficient (Wildman–Crippen LogP) is 3.73. The number of hydrogen-bond donors (Lipinski definition) is 0. The van der Waals surface area contributed by atoms with E-state index >= 15 is 0 Å². The van der Waals surface area contributed by atoms with Gasteiger partial charge >= 0.3 is 0 Å². The first kappa shape index (κ1) is 19.9. The maximum atomic E-state index is 13.6. The lowest BCUT2D eigenvalue weighted by Gasteiger charge is -2.35. The second-order valence-corrected chi connectivity index (χ2v) is 7.23. The molecule has 1 aliphatic heterocycles. The zero-order chi connectivity index (χ0) is 20.9. The highest BCUT2D eigenvalue weighted by atomic mass is 19.1. The summed E-state index contributed by atoms with van der Waals surface area (Å²) in [4.78, 5) is 29.0. The van der Waals surface area contributed by atoms with E-state index in [0.717, 1.165) is 10.8 Å². The third-order valence-electron chi connectivity index (χ3n) is 5.35. The smallest absolute Gasteiger partial charge is 0.254 e. The van der Waals surface area contributed by atoms with Gasteiger partial charge in [0.1, 0.15) is 0 Å². The van der Waals surface area contributed by atoms with Crippen LogP contribution in [0, 0.1) is 5.82 Å². The van der Waals surface area contributed by atoms with Crippen molar-refractivity contribution in [1.82, 2.24) is 9.80 Å². The van der Waals surface area contributed by atoms with Gasteiger partial charge in [0.15, 0.2) is 11.6 Å². The van der Waals surface area contributed by atoms with Crippen LogP contribution in [-0.4, -0.2) is 54.4 Å². The summed E-state index contributed by atoms with van der Waals surface area (Å²) in [5.41, 5.74) is 0.686. The third-order valence-corrected chi connectivity index (χ3v) is 5.35. The summed E-state index contributed by atoms with van der Waals surface area (Å²) in [7, 11) is 0. The number of para-hydroxylation sites is 1. The molecule has 2 amide bonds. The number of piperazine rings is 1. The van der Waals surface area contributed by atoms with Crippen LogP contribution in [0.15, 0.2) is 66.7 Å². The molecule has 0 saturated carbocycles. The Kier molecular flexibility index (Phi) is 5.93. The minimum absolute atomic E-state index is 0.0122. The van der Waals surface area contributed by atoms with Crippen LogP contribution in [0.25, 0.3) is 10.8 Å². The van der Waals surface area contributed by atoms with Crippen molar-refractivity contribution in [2.24, 2.45) is 0 Å². The maximum absolute atomic E-state index is 13.6. The molecule has 4 rings (SSSR count). The van der Waals surface area contributed by atoms with Gasteiger partial charge in [-0.1, -0.05) is 48.5 Å². The molecule has 154 valence electrons. The number of rotatable bonds is 5. The molecule has 0 unspecified atom stereocenters. The zero-order valence-corrected chi connectivity index (χ0v) is 16.6. The molecular weight excluding hydrogens is 383 g/mol. The van der Waals surface area contributed by atoms with Gasteiger partial charge < -0.3 is 14.5 Å². The molecule has 6 heteroatoms. The molecule has 30 heavy (non-hydrogen) atoms. The van der Waals surface area contributed by atoms with E-state index in [1.54, 1.807) is 21.9 Å². The predicted molar refractivity (Wildman–Crippen MR) is 113 cm³/mol. The van der Waals surface area contributed by atoms with Crippen molar-refractivity contribution in [3.05, 3.63) is 78.1 Å². The lowest BCUT2D eigenvalue weighted by atomic mass is 10.0. The quantitative estimate of drug-likeness (QED) is 0.649. The van der Waals surface area contributed by atoms with Crippen molar-refractivity contribution in [2.45, 2.75) is 6.42 Å². The second-order valence-electron chi connectivity index (χ2n) is 7.23. The minimum Gasteiger partial charge on any atom is -0.490 e. The van der Waals surface area contributed by atoms with Crippen molar-refractivity contribution >= 4 is 22.6 Å². The van der Waals surface area contributed by atoms with E-state index in [9.17, 15) is 14.0 Å². The Morgan fingerprint density at radius 1 is 0.833 bits per heavy atom. The molecule has 0 N–H and O–H groups in total. The molecule has 1 saturated heterocycles. The zero-order valence-electron chi connectivity index (χ0n) is 16.6. The number of carbonyl (C=O) groups excluding carboxylic acids is 2. The lowest BCUT2D eigenvalue weighted by Crippen LogP contribution is -2.50. The van der Waals surface area contributed by atoms with Crippen molar-refractivity contribution < 1.29 is 18.7 Å². The van der Waals surface area contributed by atoms with E-state index in [-0.39, 0.29) is 30.6 Å². The third kappa shape index (κ3) is 4.27. The fourth-order valence-electron chi connectivity index (χ4n) is 3.71. The van der Waals surface area contributed by atoms with Gasteiger partial charge in [-0.2, -0.15) is 0 Å². The summed E-state index contributed by atoms with van der Waals surface area (Å²) in [5.74, 6) is -0.355. The van der Waals surface area contributed by atoms with Crippen molar-refractivity contribution in [3.63, 3.8) is 0 Å². The molecule has 0 radical (unpaired) electrons. The Labute approximate surface area is 174 Å². The molecule has 1 fully saturated rings. The number of ether oxygens (including phenoxy) is 1. The summed E-state index contributed by atoms with van der Waals surface area (Å²) in [6, 6.07) is 19.7. The summed E-state index contributed by atoms with van der Waals surface area (Å²) in [6.07, 6.45) is 0.172. The Morgan fingerprint density at radius 3 is 2.30 bits per heavy atom. The standard InChI is InChI=1S/C24H23FN2O3/c25-21-10-3-4-11-22(21)30-17-12-23(28)26-13-15-27(16-14-26)24(29)20-9-5-7-18-6-1-2-8-19(18)20/h1-11H,12-17H2. The van der Waals surface area contributed by atoms with Gasteiger partial charge in [0.05, 0.1) is 13.0 Å². The Hall–Kier alpha value is -3.41. The number of hydrogen-bond acceptors (Lipinski definition) is 3. The summed E-state index contributed by atoms with van der Waals surface area (Å²) < 4.78 is 18.9. The Morgan fingerprint density at radius 2 is 1.50 bits per heavy atom. The topological polar surface area (TPSA) is 49.9 Å². The van der Waals surface area contributed by atoms with Crippen LogP contribution in [0.2, 0.25) is 0 Å². The van der Waals surface area contributed by atoms with Crippen molar-refractivity contribution in [2.75, 3.05) is 32.8 Å². The summed E-state index contributed by atoms with van der Waals surface area (Å²) in [5, 5.41) is 1.97. The number of halogens is 1. The van der Waals surface area contributed by atoms with Crippen molar-refractivity contribution in [1.29, 1.82) is 0 Å². The van der Waals surface area contributed by atoms with E-state index in [0.29, 0.717) is 31.7 Å². The number of fused-ring (bicyclic) bond motifs is 1. The van der Waals surface area contributed by atoms with Gasteiger partial charge in [-0.05, 0) is 29.0 Å². The van der Waals surface area contributed by atoms with Gasteiger partial charge in [0, 0.05) is 31.7 Å². The number of amides is 2. The van der Waals surface area contributed by atoms with E-state index in [2.05, 4.69) is 0 Å². The van der Waals surface area contributed by atoms with Gasteiger partial charge in [-0.25, -0.2) is 4.39 Å². The summed E-state index contributed by atoms with van der Waals surface area (Å²) in [6.45, 7) is 2.06. The largest absolute Gasteiger partial charge is 0.490 e. The van der Waals surface area contributed by atoms with Gasteiger partial charge in [-0.15, -0.1) is 0 Å². The normalized spacial score (nSPS) is 14.0. The van der Waals surface area contributed by atoms with E-state index in [4.69, 9.17) is 4.74 Å². The van der Waals surface area contributed by atoms with Crippen LogP contribution in [0.1, 0.15) is 16.8 Å². The second kappa shape index (κ2) is 8.95. The Balaban J connectivity index is 1.30. The van der Waals surface area contributed by atoms with Gasteiger partial charge in [0.25, 0.3) is 5.91 Å². The molecule has 0 bridgehead atoms. The average Bonchev–Trinajstić information content (AvgIpc) is 2.79. The maximum Gasteiger partial charge on any atom is 0.254 e. The molecule has 3 aromatic rings. The number of nitrogens with zero attached hydrogens (tertiary/aromatic N) is 2. The highest BCUT2D eigenvalue weighted by Gasteiger charge is 2.25. The first-order valence-electron chi connectivity index (χ1n) is 10.1. The van der Waals surface area contributed by atoms with E-state index in [1.807, 2.05) is 42.5 Å².